The van der Waals surface area contributed by atoms with Crippen molar-refractivity contribution in [2.24, 2.45) is 0 Å². The molecule has 0 radical (unpaired) electrons. The molecule has 1 aliphatic rings. The van der Waals surface area contributed by atoms with Crippen molar-refractivity contribution in [3.63, 3.8) is 0 Å². The fourth-order valence-electron chi connectivity index (χ4n) is 2.23. The van der Waals surface area contributed by atoms with E-state index in [1.165, 1.54) is 25.7 Å². The molecule has 114 valence electrons. The van der Waals surface area contributed by atoms with Crippen LogP contribution in [0.2, 0.25) is 0 Å². The molecule has 5 nitrogen and oxygen atoms in total. The monoisotopic (exact) mass is 276 g/mol. The number of unbranched alkanes of at least 4 members (excludes halogenated alkanes) is 5. The first-order valence-corrected chi connectivity index (χ1v) is 7.39. The Kier molecular flexibility index (Phi) is 7.87. The highest BCUT2D eigenvalue weighted by molar-refractivity contribution is 4.87. The Bertz CT molecular complexity index is 236. The van der Waals surface area contributed by atoms with Crippen molar-refractivity contribution in [1.82, 2.24) is 0 Å². The standard InChI is InChI=1S/C14H28O5/c1-3-4-5-6-7-8-9-18-14-13(17)12(16)11(15)10(2)19-14/h10-17H,3-9H2,1-2H3/t10-,11-,12+,13+,14?/m1/s1. The van der Waals surface area contributed by atoms with Gasteiger partial charge in [-0.25, -0.2) is 0 Å². The Morgan fingerprint density at radius 3 is 2.21 bits per heavy atom. The lowest BCUT2D eigenvalue weighted by atomic mass is 10.00. The molecule has 1 fully saturated rings. The summed E-state index contributed by atoms with van der Waals surface area (Å²) in [4.78, 5) is 0. The van der Waals surface area contributed by atoms with E-state index in [1.54, 1.807) is 6.92 Å². The molecule has 0 aromatic heterocycles. The maximum atomic E-state index is 9.74. The zero-order valence-corrected chi connectivity index (χ0v) is 12.0. The second-order valence-corrected chi connectivity index (χ2v) is 5.32. The Balaban J connectivity index is 2.15. The van der Waals surface area contributed by atoms with Crippen LogP contribution in [0.5, 0.6) is 0 Å². The van der Waals surface area contributed by atoms with Crippen molar-refractivity contribution in [2.75, 3.05) is 6.61 Å². The van der Waals surface area contributed by atoms with Crippen LogP contribution in [0, 0.1) is 0 Å². The normalized spacial score (nSPS) is 35.5. The van der Waals surface area contributed by atoms with Gasteiger partial charge in [0.25, 0.3) is 0 Å². The summed E-state index contributed by atoms with van der Waals surface area (Å²) in [5.74, 6) is 0. The minimum atomic E-state index is -1.21. The molecule has 0 aromatic carbocycles. The molecule has 0 spiro atoms. The molecule has 5 atom stereocenters. The predicted molar refractivity (Wildman–Crippen MR) is 71.7 cm³/mol. The number of hydrogen-bond donors (Lipinski definition) is 3. The maximum absolute atomic E-state index is 9.74. The molecule has 0 saturated carbocycles. The number of aliphatic hydroxyl groups excluding tert-OH is 3. The van der Waals surface area contributed by atoms with Crippen LogP contribution in [0.25, 0.3) is 0 Å². The molecule has 1 saturated heterocycles. The highest BCUT2D eigenvalue weighted by Gasteiger charge is 2.42. The lowest BCUT2D eigenvalue weighted by Gasteiger charge is -2.38. The number of rotatable bonds is 8. The number of aliphatic hydroxyl groups is 3. The second-order valence-electron chi connectivity index (χ2n) is 5.32. The van der Waals surface area contributed by atoms with Gasteiger partial charge in [-0.1, -0.05) is 39.0 Å². The third kappa shape index (κ3) is 5.36. The van der Waals surface area contributed by atoms with Gasteiger partial charge in [0.1, 0.15) is 18.3 Å². The summed E-state index contributed by atoms with van der Waals surface area (Å²) in [7, 11) is 0. The molecule has 0 aromatic rings. The molecule has 1 unspecified atom stereocenters. The third-order valence-electron chi connectivity index (χ3n) is 3.59. The molecule has 1 rings (SSSR count). The largest absolute Gasteiger partial charge is 0.388 e. The van der Waals surface area contributed by atoms with E-state index < -0.39 is 30.7 Å². The van der Waals surface area contributed by atoms with Gasteiger partial charge in [-0.15, -0.1) is 0 Å². The van der Waals surface area contributed by atoms with Crippen LogP contribution in [-0.4, -0.2) is 52.6 Å². The van der Waals surface area contributed by atoms with Gasteiger partial charge < -0.3 is 24.8 Å². The maximum Gasteiger partial charge on any atom is 0.186 e. The van der Waals surface area contributed by atoms with Gasteiger partial charge in [-0.2, -0.15) is 0 Å². The van der Waals surface area contributed by atoms with Crippen LogP contribution >= 0.6 is 0 Å². The van der Waals surface area contributed by atoms with Gasteiger partial charge in [-0.05, 0) is 13.3 Å². The highest BCUT2D eigenvalue weighted by atomic mass is 16.7. The summed E-state index contributed by atoms with van der Waals surface area (Å²) >= 11 is 0. The van der Waals surface area contributed by atoms with Crippen LogP contribution in [-0.2, 0) is 9.47 Å². The first kappa shape index (κ1) is 16.9. The first-order valence-electron chi connectivity index (χ1n) is 7.39. The summed E-state index contributed by atoms with van der Waals surface area (Å²) in [6, 6.07) is 0. The fraction of sp³-hybridized carbons (Fsp3) is 1.00. The Morgan fingerprint density at radius 2 is 1.53 bits per heavy atom. The van der Waals surface area contributed by atoms with E-state index in [-0.39, 0.29) is 0 Å². The Morgan fingerprint density at radius 1 is 0.895 bits per heavy atom. The van der Waals surface area contributed by atoms with Crippen LogP contribution in [0.4, 0.5) is 0 Å². The van der Waals surface area contributed by atoms with E-state index in [0.29, 0.717) is 6.61 Å². The predicted octanol–water partition coefficient (Wildman–Crippen LogP) is 1.19. The Labute approximate surface area is 115 Å². The van der Waals surface area contributed by atoms with Crippen LogP contribution < -0.4 is 0 Å². The molecule has 3 N–H and O–H groups in total. The van der Waals surface area contributed by atoms with E-state index in [1.807, 2.05) is 0 Å². The van der Waals surface area contributed by atoms with Crippen molar-refractivity contribution in [1.29, 1.82) is 0 Å². The molecule has 1 aliphatic heterocycles. The second kappa shape index (κ2) is 8.87. The fourth-order valence-corrected chi connectivity index (χ4v) is 2.23. The minimum absolute atomic E-state index is 0.503. The van der Waals surface area contributed by atoms with Crippen molar-refractivity contribution >= 4 is 0 Å². The summed E-state index contributed by atoms with van der Waals surface area (Å²) in [6.45, 7) is 4.34. The van der Waals surface area contributed by atoms with Crippen LogP contribution in [0.15, 0.2) is 0 Å². The molecule has 0 bridgehead atoms. The molecule has 5 heteroatoms. The smallest absolute Gasteiger partial charge is 0.186 e. The van der Waals surface area contributed by atoms with Gasteiger partial charge in [0, 0.05) is 6.61 Å². The Hall–Kier alpha value is -0.200. The zero-order chi connectivity index (χ0) is 14.3. The quantitative estimate of drug-likeness (QED) is 0.580. The van der Waals surface area contributed by atoms with Crippen LogP contribution in [0.1, 0.15) is 52.4 Å². The molecular weight excluding hydrogens is 248 g/mol. The average Bonchev–Trinajstić information content (AvgIpc) is 2.41. The van der Waals surface area contributed by atoms with Crippen LogP contribution in [0.3, 0.4) is 0 Å². The van der Waals surface area contributed by atoms with Gasteiger partial charge in [0.2, 0.25) is 0 Å². The molecule has 1 heterocycles. The van der Waals surface area contributed by atoms with Gasteiger partial charge in [0.05, 0.1) is 6.10 Å². The molecule has 0 aliphatic carbocycles. The third-order valence-corrected chi connectivity index (χ3v) is 3.59. The van der Waals surface area contributed by atoms with E-state index >= 15 is 0 Å². The molecule has 0 amide bonds. The molecular formula is C14H28O5. The van der Waals surface area contributed by atoms with Crippen molar-refractivity contribution in [2.45, 2.75) is 83.1 Å². The first-order chi connectivity index (χ1) is 9.07. The summed E-state index contributed by atoms with van der Waals surface area (Å²) in [5, 5.41) is 28.9. The van der Waals surface area contributed by atoms with E-state index in [9.17, 15) is 15.3 Å². The lowest BCUT2D eigenvalue weighted by Crippen LogP contribution is -2.57. The van der Waals surface area contributed by atoms with E-state index in [0.717, 1.165) is 12.8 Å². The van der Waals surface area contributed by atoms with Gasteiger partial charge in [-0.3, -0.25) is 0 Å². The van der Waals surface area contributed by atoms with E-state index in [4.69, 9.17) is 9.47 Å². The van der Waals surface area contributed by atoms with E-state index in [2.05, 4.69) is 6.92 Å². The van der Waals surface area contributed by atoms with Crippen molar-refractivity contribution < 1.29 is 24.8 Å². The number of hydrogen-bond acceptors (Lipinski definition) is 5. The minimum Gasteiger partial charge on any atom is -0.388 e. The zero-order valence-electron chi connectivity index (χ0n) is 12.0. The highest BCUT2D eigenvalue weighted by Crippen LogP contribution is 2.22. The van der Waals surface area contributed by atoms with Crippen molar-refractivity contribution in [3.05, 3.63) is 0 Å². The topological polar surface area (TPSA) is 79.2 Å². The van der Waals surface area contributed by atoms with Crippen molar-refractivity contribution in [3.8, 4) is 0 Å². The van der Waals surface area contributed by atoms with Gasteiger partial charge in [0.15, 0.2) is 6.29 Å². The summed E-state index contributed by atoms with van der Waals surface area (Å²) in [5.41, 5.74) is 0. The lowest BCUT2D eigenvalue weighted by molar-refractivity contribution is -0.293. The summed E-state index contributed by atoms with van der Waals surface area (Å²) < 4.78 is 10.8. The molecule has 19 heavy (non-hydrogen) atoms. The SMILES string of the molecule is CCCCCCCCOC1O[C@H](C)[C@@H](O)[C@H](O)[C@@H]1O. The summed E-state index contributed by atoms with van der Waals surface area (Å²) in [6.07, 6.45) is 2.13. The van der Waals surface area contributed by atoms with Gasteiger partial charge >= 0.3 is 0 Å². The number of ether oxygens (including phenoxy) is 2. The average molecular weight is 276 g/mol.